The molecule has 3 aromatic rings. The molecular formula is C26H21F5. The summed E-state index contributed by atoms with van der Waals surface area (Å²) in [5, 5.41) is 0. The van der Waals surface area contributed by atoms with Crippen LogP contribution in [0.2, 0.25) is 0 Å². The smallest absolute Gasteiger partial charge is 0.206 e. The Morgan fingerprint density at radius 2 is 1.13 bits per heavy atom. The molecule has 160 valence electrons. The van der Waals surface area contributed by atoms with Crippen LogP contribution >= 0.6 is 0 Å². The lowest BCUT2D eigenvalue weighted by molar-refractivity contribution is -0.0696. The molecule has 0 saturated heterocycles. The van der Waals surface area contributed by atoms with E-state index in [-0.39, 0.29) is 0 Å². The van der Waals surface area contributed by atoms with Crippen molar-refractivity contribution in [3.05, 3.63) is 94.6 Å². The third-order valence-electron chi connectivity index (χ3n) is 4.91. The molecular weight excluding hydrogens is 407 g/mol. The van der Waals surface area contributed by atoms with Gasteiger partial charge < -0.3 is 0 Å². The van der Waals surface area contributed by atoms with Crippen molar-refractivity contribution in [2.45, 2.75) is 38.8 Å². The van der Waals surface area contributed by atoms with Crippen LogP contribution in [0.3, 0.4) is 0 Å². The molecule has 0 amide bonds. The number of benzene rings is 3. The summed E-state index contributed by atoms with van der Waals surface area (Å²) in [6.07, 6.45) is -1.75. The van der Waals surface area contributed by atoms with E-state index in [4.69, 9.17) is 0 Å². The van der Waals surface area contributed by atoms with Gasteiger partial charge in [-0.25, -0.2) is 8.78 Å². The first-order chi connectivity index (χ1) is 14.7. The Morgan fingerprint density at radius 1 is 0.677 bits per heavy atom. The lowest BCUT2D eigenvalue weighted by atomic mass is 9.98. The zero-order valence-corrected chi connectivity index (χ0v) is 17.0. The number of halogens is 5. The van der Waals surface area contributed by atoms with Crippen LogP contribution in [0.1, 0.15) is 35.6 Å². The first-order valence-corrected chi connectivity index (χ1v) is 10.0. The zero-order chi connectivity index (χ0) is 22.4. The average Bonchev–Trinajstić information content (AvgIpc) is 2.72. The predicted octanol–water partition coefficient (Wildman–Crippen LogP) is 7.28. The van der Waals surface area contributed by atoms with Crippen LogP contribution in [0, 0.1) is 23.5 Å². The van der Waals surface area contributed by atoms with Gasteiger partial charge in [-0.15, -0.1) is 0 Å². The van der Waals surface area contributed by atoms with Gasteiger partial charge in [0.2, 0.25) is 0 Å². The van der Waals surface area contributed by atoms with Gasteiger partial charge in [0.05, 0.1) is 5.56 Å². The topological polar surface area (TPSA) is 0 Å². The lowest BCUT2D eigenvalue weighted by Crippen LogP contribution is -2.03. The maximum atomic E-state index is 14.0. The molecule has 0 saturated carbocycles. The minimum Gasteiger partial charge on any atom is -0.206 e. The van der Waals surface area contributed by atoms with Crippen molar-refractivity contribution in [1.29, 1.82) is 0 Å². The van der Waals surface area contributed by atoms with Gasteiger partial charge in [0.25, 0.3) is 0 Å². The van der Waals surface area contributed by atoms with Gasteiger partial charge in [0.1, 0.15) is 11.6 Å². The zero-order valence-electron chi connectivity index (χ0n) is 17.0. The van der Waals surface area contributed by atoms with Crippen LogP contribution in [-0.2, 0) is 19.3 Å². The lowest BCUT2D eigenvalue weighted by Gasteiger charge is -2.07. The van der Waals surface area contributed by atoms with Crippen LogP contribution < -0.4 is 0 Å². The van der Waals surface area contributed by atoms with E-state index in [1.165, 1.54) is 11.5 Å². The standard InChI is InChI=1S/C26H21F5/c1-2-3-18-6-10-21(11-7-18)22-12-8-19(9-13-22)4-5-20-16-24(27)23(25(28)17-20)14-15-26(29,30)31/h6-13,16-17H,2-5H2,1H3. The molecule has 0 aliphatic carbocycles. The van der Waals surface area contributed by atoms with E-state index >= 15 is 0 Å². The minimum atomic E-state index is -4.80. The van der Waals surface area contributed by atoms with Crippen molar-refractivity contribution in [2.75, 3.05) is 0 Å². The summed E-state index contributed by atoms with van der Waals surface area (Å²) >= 11 is 0. The second-order valence-electron chi connectivity index (χ2n) is 7.33. The van der Waals surface area contributed by atoms with Gasteiger partial charge in [-0.05, 0) is 59.2 Å². The number of hydrogen-bond acceptors (Lipinski definition) is 0. The molecule has 0 atom stereocenters. The highest BCUT2D eigenvalue weighted by atomic mass is 19.4. The molecule has 0 fully saturated rings. The van der Waals surface area contributed by atoms with Crippen molar-refractivity contribution < 1.29 is 22.0 Å². The highest BCUT2D eigenvalue weighted by molar-refractivity contribution is 5.64. The average molecular weight is 428 g/mol. The van der Waals surface area contributed by atoms with Crippen molar-refractivity contribution >= 4 is 0 Å². The van der Waals surface area contributed by atoms with E-state index in [9.17, 15) is 22.0 Å². The largest absolute Gasteiger partial charge is 0.458 e. The highest BCUT2D eigenvalue weighted by Gasteiger charge is 2.23. The Kier molecular flexibility index (Phi) is 7.12. The van der Waals surface area contributed by atoms with Crippen LogP contribution in [-0.4, -0.2) is 6.18 Å². The van der Waals surface area contributed by atoms with Gasteiger partial charge >= 0.3 is 6.18 Å². The quantitative estimate of drug-likeness (QED) is 0.286. The number of rotatable bonds is 6. The van der Waals surface area contributed by atoms with E-state index in [1.54, 1.807) is 0 Å². The Hall–Kier alpha value is -3.13. The summed E-state index contributed by atoms with van der Waals surface area (Å²) in [4.78, 5) is 0. The maximum absolute atomic E-state index is 14.0. The molecule has 0 aliphatic heterocycles. The van der Waals surface area contributed by atoms with E-state index in [0.29, 0.717) is 18.4 Å². The summed E-state index contributed by atoms with van der Waals surface area (Å²) in [5.74, 6) is 0.246. The fraction of sp³-hybridized carbons (Fsp3) is 0.231. The normalized spacial score (nSPS) is 11.2. The Labute approximate surface area is 178 Å². The molecule has 0 unspecified atom stereocenters. The van der Waals surface area contributed by atoms with E-state index in [0.717, 1.165) is 47.6 Å². The first-order valence-electron chi connectivity index (χ1n) is 10.0. The summed E-state index contributed by atoms with van der Waals surface area (Å²) in [6, 6.07) is 18.4. The molecule has 0 nitrogen and oxygen atoms in total. The van der Waals surface area contributed by atoms with Gasteiger partial charge in [-0.3, -0.25) is 0 Å². The first kappa shape index (κ1) is 22.6. The molecule has 5 heteroatoms. The van der Waals surface area contributed by atoms with Gasteiger partial charge in [0, 0.05) is 5.92 Å². The number of aryl methyl sites for hydroxylation is 3. The van der Waals surface area contributed by atoms with E-state index in [2.05, 4.69) is 31.2 Å². The molecule has 0 aliphatic rings. The van der Waals surface area contributed by atoms with Gasteiger partial charge in [0.15, 0.2) is 0 Å². The summed E-state index contributed by atoms with van der Waals surface area (Å²) in [5.41, 5.74) is 3.99. The third kappa shape index (κ3) is 6.42. The van der Waals surface area contributed by atoms with Gasteiger partial charge in [-0.2, -0.15) is 13.2 Å². The Bertz CT molecular complexity index is 1060. The second-order valence-corrected chi connectivity index (χ2v) is 7.33. The highest BCUT2D eigenvalue weighted by Crippen LogP contribution is 2.22. The van der Waals surface area contributed by atoms with E-state index < -0.39 is 23.4 Å². The Morgan fingerprint density at radius 3 is 1.58 bits per heavy atom. The molecule has 0 N–H and O–H groups in total. The summed E-state index contributed by atoms with van der Waals surface area (Å²) in [6.45, 7) is 2.14. The summed E-state index contributed by atoms with van der Waals surface area (Å²) < 4.78 is 64.5. The van der Waals surface area contributed by atoms with Crippen LogP contribution in [0.4, 0.5) is 22.0 Å². The number of alkyl halides is 3. The molecule has 3 rings (SSSR count). The Balaban J connectivity index is 1.66. The van der Waals surface area contributed by atoms with Crippen LogP contribution in [0.5, 0.6) is 0 Å². The van der Waals surface area contributed by atoms with Crippen molar-refractivity contribution in [1.82, 2.24) is 0 Å². The molecule has 0 spiro atoms. The third-order valence-corrected chi connectivity index (χ3v) is 4.91. The molecule has 0 radical (unpaired) electrons. The SMILES string of the molecule is CCCc1ccc(-c2ccc(CCc3cc(F)c(C#CC(F)(F)F)c(F)c3)cc2)cc1. The van der Waals surface area contributed by atoms with Crippen molar-refractivity contribution in [3.63, 3.8) is 0 Å². The number of hydrogen-bond donors (Lipinski definition) is 0. The van der Waals surface area contributed by atoms with Crippen LogP contribution in [0.15, 0.2) is 60.7 Å². The van der Waals surface area contributed by atoms with Crippen LogP contribution in [0.25, 0.3) is 11.1 Å². The molecule has 0 aromatic heterocycles. The fourth-order valence-electron chi connectivity index (χ4n) is 3.33. The van der Waals surface area contributed by atoms with Crippen molar-refractivity contribution in [2.24, 2.45) is 0 Å². The second kappa shape index (κ2) is 9.78. The molecule has 0 heterocycles. The molecule has 0 bridgehead atoms. The predicted molar refractivity (Wildman–Crippen MR) is 113 cm³/mol. The molecule has 31 heavy (non-hydrogen) atoms. The summed E-state index contributed by atoms with van der Waals surface area (Å²) in [7, 11) is 0. The van der Waals surface area contributed by atoms with Crippen molar-refractivity contribution in [3.8, 4) is 23.0 Å². The fourth-order valence-corrected chi connectivity index (χ4v) is 3.33. The minimum absolute atomic E-state index is 0.353. The maximum Gasteiger partial charge on any atom is 0.458 e. The van der Waals surface area contributed by atoms with Gasteiger partial charge in [-0.1, -0.05) is 67.8 Å². The molecule has 3 aromatic carbocycles. The monoisotopic (exact) mass is 428 g/mol. The van der Waals surface area contributed by atoms with E-state index in [1.807, 2.05) is 24.3 Å².